The number of carbonyl (C=O) groups excluding carboxylic acids is 1. The van der Waals surface area contributed by atoms with E-state index < -0.39 is 5.60 Å². The van der Waals surface area contributed by atoms with Gasteiger partial charge in [0.25, 0.3) is 0 Å². The van der Waals surface area contributed by atoms with Crippen molar-refractivity contribution in [3.05, 3.63) is 35.4 Å². The number of rotatable bonds is 7. The molecule has 1 amide bonds. The van der Waals surface area contributed by atoms with Gasteiger partial charge in [0.05, 0.1) is 0 Å². The van der Waals surface area contributed by atoms with Crippen LogP contribution in [-0.4, -0.2) is 30.0 Å². The number of aliphatic hydroxyl groups is 1. The van der Waals surface area contributed by atoms with Crippen LogP contribution < -0.4 is 5.32 Å². The number of hydrogen-bond acceptors (Lipinski definition) is 3. The molecule has 1 aromatic rings. The van der Waals surface area contributed by atoms with Crippen molar-refractivity contribution in [1.29, 1.82) is 0 Å². The molecule has 4 heteroatoms. The predicted molar refractivity (Wildman–Crippen MR) is 96.8 cm³/mol. The summed E-state index contributed by atoms with van der Waals surface area (Å²) in [5.74, 6) is 6.29. The Morgan fingerprint density at radius 1 is 1.25 bits per heavy atom. The van der Waals surface area contributed by atoms with Gasteiger partial charge in [-0.25, -0.2) is 4.79 Å². The highest BCUT2D eigenvalue weighted by atomic mass is 16.6. The Hall–Kier alpha value is -1.99. The molecular weight excluding hydrogens is 302 g/mol. The summed E-state index contributed by atoms with van der Waals surface area (Å²) < 4.78 is 5.20. The standard InChI is InChI=1S/C20H29NO3/c1-20(2,3)24-19(23)21-14-9-13-18-12-8-11-17(16-18)10-6-4-5-7-15-22/h8,11-12,16,22H,4-5,7,9,13-15H2,1-3H3,(H,21,23). The van der Waals surface area contributed by atoms with Gasteiger partial charge in [-0.05, 0) is 64.2 Å². The quantitative estimate of drug-likeness (QED) is 0.592. The van der Waals surface area contributed by atoms with Crippen LogP contribution in [0, 0.1) is 11.8 Å². The fourth-order valence-electron chi connectivity index (χ4n) is 2.09. The minimum Gasteiger partial charge on any atom is -0.444 e. The van der Waals surface area contributed by atoms with Gasteiger partial charge in [0.1, 0.15) is 5.60 Å². The lowest BCUT2D eigenvalue weighted by molar-refractivity contribution is 0.0527. The number of aliphatic hydroxyl groups excluding tert-OH is 1. The molecular formula is C20H29NO3. The molecule has 0 atom stereocenters. The minimum absolute atomic E-state index is 0.231. The summed E-state index contributed by atoms with van der Waals surface area (Å²) in [7, 11) is 0. The van der Waals surface area contributed by atoms with E-state index in [1.54, 1.807) is 0 Å². The molecule has 0 heterocycles. The Morgan fingerprint density at radius 3 is 2.75 bits per heavy atom. The summed E-state index contributed by atoms with van der Waals surface area (Å²) in [6.07, 6.45) is 3.91. The van der Waals surface area contributed by atoms with Crippen LogP contribution >= 0.6 is 0 Å². The number of aryl methyl sites for hydroxylation is 1. The number of unbranched alkanes of at least 4 members (excludes halogenated alkanes) is 2. The molecule has 0 aliphatic heterocycles. The highest BCUT2D eigenvalue weighted by Gasteiger charge is 2.15. The molecule has 0 unspecified atom stereocenters. The van der Waals surface area contributed by atoms with Crippen molar-refractivity contribution in [1.82, 2.24) is 5.32 Å². The molecule has 1 rings (SSSR count). The maximum absolute atomic E-state index is 11.6. The van der Waals surface area contributed by atoms with Crippen LogP contribution in [0.25, 0.3) is 0 Å². The average Bonchev–Trinajstić information content (AvgIpc) is 2.50. The Kier molecular flexibility index (Phi) is 8.96. The molecule has 0 saturated carbocycles. The minimum atomic E-state index is -0.464. The van der Waals surface area contributed by atoms with Crippen LogP contribution in [0.15, 0.2) is 24.3 Å². The Bertz CT molecular complexity index is 564. The molecule has 2 N–H and O–H groups in total. The number of alkyl carbamates (subject to hydrolysis) is 1. The molecule has 4 nitrogen and oxygen atoms in total. The number of carbonyl (C=O) groups is 1. The van der Waals surface area contributed by atoms with Gasteiger partial charge in [-0.2, -0.15) is 0 Å². The molecule has 0 spiro atoms. The summed E-state index contributed by atoms with van der Waals surface area (Å²) in [5, 5.41) is 11.5. The first-order chi connectivity index (χ1) is 11.4. The van der Waals surface area contributed by atoms with E-state index in [1.807, 2.05) is 32.9 Å². The maximum Gasteiger partial charge on any atom is 0.407 e. The molecule has 0 radical (unpaired) electrons. The fourth-order valence-corrected chi connectivity index (χ4v) is 2.09. The zero-order chi connectivity index (χ0) is 17.8. The smallest absolute Gasteiger partial charge is 0.407 e. The first-order valence-electron chi connectivity index (χ1n) is 8.56. The van der Waals surface area contributed by atoms with Crippen molar-refractivity contribution in [3.63, 3.8) is 0 Å². The third-order valence-electron chi connectivity index (χ3n) is 3.18. The van der Waals surface area contributed by atoms with Crippen LogP contribution in [0.4, 0.5) is 4.79 Å². The largest absolute Gasteiger partial charge is 0.444 e. The first-order valence-corrected chi connectivity index (χ1v) is 8.56. The summed E-state index contributed by atoms with van der Waals surface area (Å²) in [5.41, 5.74) is 1.76. The number of nitrogens with one attached hydrogen (secondary N) is 1. The van der Waals surface area contributed by atoms with Gasteiger partial charge >= 0.3 is 6.09 Å². The second-order valence-electron chi connectivity index (χ2n) is 6.72. The van der Waals surface area contributed by atoms with E-state index in [1.165, 1.54) is 5.56 Å². The van der Waals surface area contributed by atoms with E-state index in [9.17, 15) is 4.79 Å². The second kappa shape index (κ2) is 10.7. The zero-order valence-electron chi connectivity index (χ0n) is 15.0. The van der Waals surface area contributed by atoms with Gasteiger partial charge in [0, 0.05) is 25.1 Å². The molecule has 0 aliphatic carbocycles. The van der Waals surface area contributed by atoms with Gasteiger partial charge in [0.15, 0.2) is 0 Å². The van der Waals surface area contributed by atoms with Gasteiger partial charge in [0.2, 0.25) is 0 Å². The molecule has 132 valence electrons. The van der Waals surface area contributed by atoms with Crippen molar-refractivity contribution >= 4 is 6.09 Å². The summed E-state index contributed by atoms with van der Waals surface area (Å²) in [6.45, 7) is 6.37. The zero-order valence-corrected chi connectivity index (χ0v) is 15.0. The Labute approximate surface area is 145 Å². The van der Waals surface area contributed by atoms with Gasteiger partial charge in [-0.1, -0.05) is 24.0 Å². The average molecular weight is 331 g/mol. The lowest BCUT2D eigenvalue weighted by atomic mass is 10.1. The summed E-state index contributed by atoms with van der Waals surface area (Å²) in [6, 6.07) is 8.17. The van der Waals surface area contributed by atoms with Crippen molar-refractivity contribution in [2.75, 3.05) is 13.2 Å². The molecule has 0 aliphatic rings. The van der Waals surface area contributed by atoms with Crippen LogP contribution in [-0.2, 0) is 11.2 Å². The van der Waals surface area contributed by atoms with E-state index in [4.69, 9.17) is 9.84 Å². The predicted octanol–water partition coefficient (Wildman–Crippen LogP) is 3.66. The highest BCUT2D eigenvalue weighted by Crippen LogP contribution is 2.08. The summed E-state index contributed by atoms with van der Waals surface area (Å²) in [4.78, 5) is 11.6. The lowest BCUT2D eigenvalue weighted by Crippen LogP contribution is -2.33. The Morgan fingerprint density at radius 2 is 2.04 bits per heavy atom. The maximum atomic E-state index is 11.6. The van der Waals surface area contributed by atoms with Crippen LogP contribution in [0.2, 0.25) is 0 Å². The van der Waals surface area contributed by atoms with E-state index >= 15 is 0 Å². The third-order valence-corrected chi connectivity index (χ3v) is 3.18. The fraction of sp³-hybridized carbons (Fsp3) is 0.550. The topological polar surface area (TPSA) is 58.6 Å². The van der Waals surface area contributed by atoms with Gasteiger partial charge in [-0.15, -0.1) is 0 Å². The van der Waals surface area contributed by atoms with Crippen LogP contribution in [0.3, 0.4) is 0 Å². The Balaban J connectivity index is 2.33. The number of ether oxygens (including phenoxy) is 1. The summed E-state index contributed by atoms with van der Waals surface area (Å²) >= 11 is 0. The normalized spacial score (nSPS) is 10.7. The van der Waals surface area contributed by atoms with Crippen molar-refractivity contribution in [3.8, 4) is 11.8 Å². The SMILES string of the molecule is CC(C)(C)OC(=O)NCCCc1cccc(C#CCCCCO)c1. The van der Waals surface area contributed by atoms with E-state index in [0.717, 1.165) is 37.7 Å². The van der Waals surface area contributed by atoms with Crippen molar-refractivity contribution in [2.24, 2.45) is 0 Å². The molecule has 0 fully saturated rings. The van der Waals surface area contributed by atoms with E-state index in [-0.39, 0.29) is 12.7 Å². The first kappa shape index (κ1) is 20.1. The molecule has 0 bridgehead atoms. The molecule has 0 aromatic heterocycles. The molecule has 0 saturated heterocycles. The van der Waals surface area contributed by atoms with Crippen molar-refractivity contribution < 1.29 is 14.6 Å². The van der Waals surface area contributed by atoms with Gasteiger partial charge in [-0.3, -0.25) is 0 Å². The van der Waals surface area contributed by atoms with Crippen LogP contribution in [0.5, 0.6) is 0 Å². The lowest BCUT2D eigenvalue weighted by Gasteiger charge is -2.19. The van der Waals surface area contributed by atoms with Gasteiger partial charge < -0.3 is 15.2 Å². The number of amides is 1. The number of hydrogen-bond donors (Lipinski definition) is 2. The molecule has 1 aromatic carbocycles. The third kappa shape index (κ3) is 9.91. The second-order valence-corrected chi connectivity index (χ2v) is 6.72. The highest BCUT2D eigenvalue weighted by molar-refractivity contribution is 5.67. The van der Waals surface area contributed by atoms with Crippen LogP contribution in [0.1, 0.15) is 57.6 Å². The molecule has 24 heavy (non-hydrogen) atoms. The van der Waals surface area contributed by atoms with E-state index in [2.05, 4.69) is 29.3 Å². The van der Waals surface area contributed by atoms with Crippen molar-refractivity contribution in [2.45, 2.75) is 58.5 Å². The monoisotopic (exact) mass is 331 g/mol. The van der Waals surface area contributed by atoms with E-state index in [0.29, 0.717) is 6.54 Å². The number of benzene rings is 1.